The minimum absolute atomic E-state index is 0.0473. The highest BCUT2D eigenvalue weighted by Crippen LogP contribution is 2.35. The van der Waals surface area contributed by atoms with Gasteiger partial charge in [0.15, 0.2) is 0 Å². The number of carbonyl (C=O) groups is 2. The van der Waals surface area contributed by atoms with E-state index >= 15 is 4.39 Å². The van der Waals surface area contributed by atoms with Crippen molar-refractivity contribution in [3.8, 4) is 11.5 Å². The molecule has 3 aromatic rings. The predicted octanol–water partition coefficient (Wildman–Crippen LogP) is 4.15. The van der Waals surface area contributed by atoms with Crippen LogP contribution in [0.2, 0.25) is 0 Å². The summed E-state index contributed by atoms with van der Waals surface area (Å²) in [5.41, 5.74) is 0.309. The lowest BCUT2D eigenvalue weighted by atomic mass is 9.93. The number of ether oxygens (including phenoxy) is 2. The topological polar surface area (TPSA) is 89.9 Å². The number of hydrogen-bond acceptors (Lipinski definition) is 5. The Hall–Kier alpha value is -4.35. The summed E-state index contributed by atoms with van der Waals surface area (Å²) in [5.74, 6) is -3.24. The number of benzene rings is 2. The number of pyridine rings is 1. The second-order valence-corrected chi connectivity index (χ2v) is 8.90. The van der Waals surface area contributed by atoms with Gasteiger partial charge in [0.2, 0.25) is 5.91 Å². The molecule has 39 heavy (non-hydrogen) atoms. The van der Waals surface area contributed by atoms with Gasteiger partial charge in [0, 0.05) is 36.8 Å². The number of aromatic nitrogens is 1. The molecule has 1 N–H and O–H groups in total. The third kappa shape index (κ3) is 5.74. The molecule has 4 rings (SSSR count). The van der Waals surface area contributed by atoms with E-state index in [0.717, 1.165) is 30.3 Å². The molecule has 0 aliphatic carbocycles. The lowest BCUT2D eigenvalue weighted by Gasteiger charge is -2.20. The van der Waals surface area contributed by atoms with Crippen LogP contribution in [0, 0.1) is 12.7 Å². The Morgan fingerprint density at radius 2 is 1.74 bits per heavy atom. The van der Waals surface area contributed by atoms with E-state index in [-0.39, 0.29) is 29.1 Å². The molecule has 1 unspecified atom stereocenters. The third-order valence-corrected chi connectivity index (χ3v) is 6.51. The van der Waals surface area contributed by atoms with Crippen LogP contribution < -0.4 is 25.2 Å². The first-order valence-corrected chi connectivity index (χ1v) is 11.9. The van der Waals surface area contributed by atoms with Gasteiger partial charge >= 0.3 is 6.36 Å². The number of anilines is 1. The van der Waals surface area contributed by atoms with Crippen LogP contribution in [0.5, 0.6) is 11.5 Å². The number of carbonyl (C=O) groups excluding carboxylic acids is 2. The Morgan fingerprint density at radius 1 is 1.08 bits per heavy atom. The van der Waals surface area contributed by atoms with Gasteiger partial charge < -0.3 is 24.3 Å². The van der Waals surface area contributed by atoms with E-state index in [9.17, 15) is 27.6 Å². The van der Waals surface area contributed by atoms with Gasteiger partial charge in [0.1, 0.15) is 29.0 Å². The lowest BCUT2D eigenvalue weighted by molar-refractivity contribution is -0.274. The first-order valence-electron chi connectivity index (χ1n) is 11.9. The zero-order valence-corrected chi connectivity index (χ0v) is 21.2. The van der Waals surface area contributed by atoms with Crippen molar-refractivity contribution in [1.29, 1.82) is 0 Å². The number of aryl methyl sites for hydroxylation is 2. The summed E-state index contributed by atoms with van der Waals surface area (Å²) in [4.78, 5) is 41.1. The van der Waals surface area contributed by atoms with Gasteiger partial charge in [0.05, 0.1) is 7.11 Å². The summed E-state index contributed by atoms with van der Waals surface area (Å²) in [6.07, 6.45) is -3.29. The first-order chi connectivity index (χ1) is 18.4. The van der Waals surface area contributed by atoms with Crippen molar-refractivity contribution in [2.75, 3.05) is 18.6 Å². The molecule has 12 heteroatoms. The van der Waals surface area contributed by atoms with Crippen molar-refractivity contribution in [3.05, 3.63) is 87.6 Å². The number of halogens is 4. The zero-order valence-electron chi connectivity index (χ0n) is 21.2. The molecule has 1 aliphatic rings. The Bertz CT molecular complexity index is 1450. The maximum atomic E-state index is 15.1. The van der Waals surface area contributed by atoms with Gasteiger partial charge in [0.25, 0.3) is 11.5 Å². The highest BCUT2D eigenvalue weighted by molar-refractivity contribution is 6.05. The maximum Gasteiger partial charge on any atom is 0.573 e. The number of nitrogens with one attached hydrogen (secondary N) is 1. The van der Waals surface area contributed by atoms with Gasteiger partial charge in [-0.05, 0) is 61.4 Å². The van der Waals surface area contributed by atoms with Crippen LogP contribution in [0.15, 0.2) is 59.5 Å². The van der Waals surface area contributed by atoms with Crippen LogP contribution in [-0.4, -0.2) is 42.4 Å². The first kappa shape index (κ1) is 27.7. The summed E-state index contributed by atoms with van der Waals surface area (Å²) in [6.45, 7) is 3.70. The molecule has 0 spiro atoms. The van der Waals surface area contributed by atoms with Gasteiger partial charge in [-0.3, -0.25) is 14.4 Å². The number of amides is 2. The van der Waals surface area contributed by atoms with Crippen LogP contribution in [-0.2, 0) is 11.3 Å². The average molecular weight is 548 g/mol. The summed E-state index contributed by atoms with van der Waals surface area (Å²) < 4.78 is 62.9. The van der Waals surface area contributed by atoms with Crippen molar-refractivity contribution in [1.82, 2.24) is 9.88 Å². The van der Waals surface area contributed by atoms with Crippen LogP contribution in [0.4, 0.5) is 23.2 Å². The minimum Gasteiger partial charge on any atom is -0.497 e. The van der Waals surface area contributed by atoms with Crippen LogP contribution >= 0.6 is 0 Å². The standard InChI is InChI=1S/C27H25F4N3O5/c1-4-33-12-11-15(2)23(26(33)37)34-14-20(19-10-9-18(38-3)13-21(19)28)22(25(34)36)32-24(35)16-5-7-17(8-6-16)39-27(29,30)31/h5-13,20,22H,4,14H2,1-3H3,(H,32,35)/t20-,22?/m0/s1. The molecular formula is C27H25F4N3O5. The molecule has 0 bridgehead atoms. The number of rotatable bonds is 7. The molecule has 2 aromatic carbocycles. The predicted molar refractivity (Wildman–Crippen MR) is 134 cm³/mol. The quantitative estimate of drug-likeness (QED) is 0.449. The van der Waals surface area contributed by atoms with Gasteiger partial charge in [-0.25, -0.2) is 4.39 Å². The Balaban J connectivity index is 1.70. The SMILES string of the molecule is CCn1ccc(C)c(N2C[C@@H](c3ccc(OC)cc3F)C(NC(=O)c3ccc(OC(F)(F)F)cc3)C2=O)c1=O. The number of hydrogen-bond donors (Lipinski definition) is 1. The summed E-state index contributed by atoms with van der Waals surface area (Å²) >= 11 is 0. The highest BCUT2D eigenvalue weighted by Gasteiger charge is 2.45. The van der Waals surface area contributed by atoms with Crippen LogP contribution in [0.25, 0.3) is 0 Å². The fourth-order valence-corrected chi connectivity index (χ4v) is 4.57. The number of nitrogens with zero attached hydrogens (tertiary/aromatic N) is 2. The van der Waals surface area contributed by atoms with Gasteiger partial charge in [-0.15, -0.1) is 13.2 Å². The van der Waals surface area contributed by atoms with Crippen LogP contribution in [0.1, 0.15) is 34.3 Å². The van der Waals surface area contributed by atoms with Crippen LogP contribution in [0.3, 0.4) is 0 Å². The zero-order chi connectivity index (χ0) is 28.5. The van der Waals surface area contributed by atoms with Crippen molar-refractivity contribution in [2.45, 2.75) is 38.7 Å². The highest BCUT2D eigenvalue weighted by atomic mass is 19.4. The summed E-state index contributed by atoms with van der Waals surface area (Å²) in [5, 5.41) is 2.58. The molecule has 2 amide bonds. The molecule has 1 aliphatic heterocycles. The normalized spacial score (nSPS) is 17.3. The van der Waals surface area contributed by atoms with E-state index in [2.05, 4.69) is 10.1 Å². The fourth-order valence-electron chi connectivity index (χ4n) is 4.57. The monoisotopic (exact) mass is 547 g/mol. The Labute approximate surface area is 220 Å². The average Bonchev–Trinajstić information content (AvgIpc) is 3.18. The smallest absolute Gasteiger partial charge is 0.497 e. The van der Waals surface area contributed by atoms with Crippen molar-refractivity contribution < 1.29 is 36.6 Å². The van der Waals surface area contributed by atoms with E-state index in [0.29, 0.717) is 12.1 Å². The molecule has 8 nitrogen and oxygen atoms in total. The number of alkyl halides is 3. The fraction of sp³-hybridized carbons (Fsp3) is 0.296. The van der Waals surface area contributed by atoms with E-state index < -0.39 is 47.3 Å². The molecule has 0 saturated carbocycles. The second-order valence-electron chi connectivity index (χ2n) is 8.90. The van der Waals surface area contributed by atoms with Gasteiger partial charge in [-0.1, -0.05) is 6.07 Å². The van der Waals surface area contributed by atoms with Crippen molar-refractivity contribution in [2.24, 2.45) is 0 Å². The molecule has 1 aromatic heterocycles. The lowest BCUT2D eigenvalue weighted by Crippen LogP contribution is -2.44. The molecule has 1 fully saturated rings. The molecule has 206 valence electrons. The van der Waals surface area contributed by atoms with Crippen molar-refractivity contribution >= 4 is 17.5 Å². The number of methoxy groups -OCH3 is 1. The van der Waals surface area contributed by atoms with E-state index in [1.54, 1.807) is 26.1 Å². The minimum atomic E-state index is -4.90. The molecule has 2 heterocycles. The molecular weight excluding hydrogens is 522 g/mol. The second kappa shape index (κ2) is 10.8. The van der Waals surface area contributed by atoms with Crippen molar-refractivity contribution in [3.63, 3.8) is 0 Å². The molecule has 2 atom stereocenters. The maximum absolute atomic E-state index is 15.1. The third-order valence-electron chi connectivity index (χ3n) is 6.51. The Kier molecular flexibility index (Phi) is 7.66. The van der Waals surface area contributed by atoms with E-state index in [1.807, 2.05) is 0 Å². The summed E-state index contributed by atoms with van der Waals surface area (Å²) in [6, 6.07) is 8.67. The van der Waals surface area contributed by atoms with Gasteiger partial charge in [-0.2, -0.15) is 0 Å². The molecule has 0 radical (unpaired) electrons. The molecule has 1 saturated heterocycles. The largest absolute Gasteiger partial charge is 0.573 e. The Morgan fingerprint density at radius 3 is 2.33 bits per heavy atom. The van der Waals surface area contributed by atoms with E-state index in [1.165, 1.54) is 28.7 Å². The summed E-state index contributed by atoms with van der Waals surface area (Å²) in [7, 11) is 1.38. The van der Waals surface area contributed by atoms with E-state index in [4.69, 9.17) is 4.74 Å².